The Labute approximate surface area is 125 Å². The van der Waals surface area contributed by atoms with Gasteiger partial charge >= 0.3 is 0 Å². The topological polar surface area (TPSA) is 64.9 Å². The van der Waals surface area contributed by atoms with Crippen LogP contribution in [0.15, 0.2) is 28.8 Å². The standard InChI is InChI=1S/C15H19N3O.ClH/c1-11-6-2-3-7-12(11)10-13-17-14(19-18-13)15(16)8-4-5-9-15;/h2-3,6-7H,4-5,8-10,16H2,1H3;1H. The van der Waals surface area contributed by atoms with E-state index in [4.69, 9.17) is 10.3 Å². The fraction of sp³-hybridized carbons (Fsp3) is 0.467. The van der Waals surface area contributed by atoms with E-state index in [1.807, 2.05) is 12.1 Å². The third kappa shape index (κ3) is 2.86. The molecule has 0 spiro atoms. The van der Waals surface area contributed by atoms with E-state index < -0.39 is 5.54 Å². The normalized spacial score (nSPS) is 16.9. The number of nitrogens with zero attached hydrogens (tertiary/aromatic N) is 2. The Bertz CT molecular complexity index is 576. The lowest BCUT2D eigenvalue weighted by Gasteiger charge is -2.17. The highest BCUT2D eigenvalue weighted by atomic mass is 35.5. The number of rotatable bonds is 3. The summed E-state index contributed by atoms with van der Waals surface area (Å²) in [5, 5.41) is 4.08. The van der Waals surface area contributed by atoms with Crippen LogP contribution in [-0.4, -0.2) is 10.1 Å². The van der Waals surface area contributed by atoms with E-state index in [1.165, 1.54) is 11.1 Å². The summed E-state index contributed by atoms with van der Waals surface area (Å²) in [6.07, 6.45) is 4.88. The first-order valence-corrected chi connectivity index (χ1v) is 6.84. The first-order chi connectivity index (χ1) is 9.17. The summed E-state index contributed by atoms with van der Waals surface area (Å²) < 4.78 is 5.38. The number of hydrogen-bond acceptors (Lipinski definition) is 4. The fourth-order valence-corrected chi connectivity index (χ4v) is 2.73. The van der Waals surface area contributed by atoms with E-state index in [-0.39, 0.29) is 12.4 Å². The van der Waals surface area contributed by atoms with Crippen molar-refractivity contribution in [2.75, 3.05) is 0 Å². The van der Waals surface area contributed by atoms with Gasteiger partial charge in [-0.05, 0) is 30.9 Å². The number of hydrogen-bond donors (Lipinski definition) is 1. The second-order valence-electron chi connectivity index (χ2n) is 5.48. The summed E-state index contributed by atoms with van der Waals surface area (Å²) in [6, 6.07) is 8.26. The van der Waals surface area contributed by atoms with Crippen molar-refractivity contribution in [3.8, 4) is 0 Å². The summed E-state index contributed by atoms with van der Waals surface area (Å²) in [5.41, 5.74) is 8.41. The fourth-order valence-electron chi connectivity index (χ4n) is 2.73. The van der Waals surface area contributed by atoms with E-state index >= 15 is 0 Å². The van der Waals surface area contributed by atoms with Gasteiger partial charge in [0.05, 0.1) is 5.54 Å². The van der Waals surface area contributed by atoms with E-state index in [0.29, 0.717) is 12.3 Å². The third-order valence-corrected chi connectivity index (χ3v) is 4.00. The smallest absolute Gasteiger partial charge is 0.246 e. The van der Waals surface area contributed by atoms with Gasteiger partial charge in [0.25, 0.3) is 0 Å². The molecule has 2 aromatic rings. The zero-order chi connectivity index (χ0) is 13.3. The van der Waals surface area contributed by atoms with E-state index in [2.05, 4.69) is 29.2 Å². The van der Waals surface area contributed by atoms with Crippen LogP contribution in [-0.2, 0) is 12.0 Å². The molecule has 20 heavy (non-hydrogen) atoms. The lowest BCUT2D eigenvalue weighted by atomic mass is 9.99. The van der Waals surface area contributed by atoms with Gasteiger partial charge in [0, 0.05) is 6.42 Å². The summed E-state index contributed by atoms with van der Waals surface area (Å²) in [7, 11) is 0. The number of nitrogens with two attached hydrogens (primary N) is 1. The lowest BCUT2D eigenvalue weighted by molar-refractivity contribution is 0.284. The first kappa shape index (κ1) is 15.0. The molecule has 3 rings (SSSR count). The first-order valence-electron chi connectivity index (χ1n) is 6.84. The summed E-state index contributed by atoms with van der Waals surface area (Å²) in [4.78, 5) is 4.50. The summed E-state index contributed by atoms with van der Waals surface area (Å²) >= 11 is 0. The maximum Gasteiger partial charge on any atom is 0.246 e. The van der Waals surface area contributed by atoms with Crippen LogP contribution in [0.5, 0.6) is 0 Å². The molecular weight excluding hydrogens is 274 g/mol. The Morgan fingerprint density at radius 3 is 2.65 bits per heavy atom. The predicted octanol–water partition coefficient (Wildman–Crippen LogP) is 3.12. The molecule has 108 valence electrons. The second-order valence-corrected chi connectivity index (χ2v) is 5.48. The minimum absolute atomic E-state index is 0. The van der Waals surface area contributed by atoms with Crippen LogP contribution >= 0.6 is 12.4 Å². The second kappa shape index (κ2) is 5.94. The minimum Gasteiger partial charge on any atom is -0.337 e. The average molecular weight is 294 g/mol. The zero-order valence-electron chi connectivity index (χ0n) is 11.6. The highest BCUT2D eigenvalue weighted by Crippen LogP contribution is 2.35. The van der Waals surface area contributed by atoms with Crippen LogP contribution in [0.1, 0.15) is 48.5 Å². The molecule has 0 saturated heterocycles. The van der Waals surface area contributed by atoms with Crippen molar-refractivity contribution in [1.29, 1.82) is 0 Å². The van der Waals surface area contributed by atoms with Gasteiger partial charge in [0.1, 0.15) is 0 Å². The van der Waals surface area contributed by atoms with E-state index in [1.54, 1.807) is 0 Å². The molecule has 0 aliphatic heterocycles. The molecular formula is C15H20ClN3O. The molecule has 0 unspecified atom stereocenters. The van der Waals surface area contributed by atoms with Crippen molar-refractivity contribution >= 4 is 12.4 Å². The molecule has 1 aromatic carbocycles. The van der Waals surface area contributed by atoms with Crippen molar-refractivity contribution in [1.82, 2.24) is 10.1 Å². The lowest BCUT2D eigenvalue weighted by Crippen LogP contribution is -2.33. The molecule has 1 aromatic heterocycles. The average Bonchev–Trinajstić information content (AvgIpc) is 3.02. The van der Waals surface area contributed by atoms with Gasteiger partial charge in [-0.25, -0.2) is 0 Å². The Balaban J connectivity index is 0.00000147. The number of halogens is 1. The van der Waals surface area contributed by atoms with E-state index in [9.17, 15) is 0 Å². The largest absolute Gasteiger partial charge is 0.337 e. The van der Waals surface area contributed by atoms with Crippen LogP contribution in [0.25, 0.3) is 0 Å². The van der Waals surface area contributed by atoms with E-state index in [0.717, 1.165) is 31.5 Å². The van der Waals surface area contributed by atoms with Crippen molar-refractivity contribution in [3.05, 3.63) is 47.1 Å². The molecule has 0 bridgehead atoms. The molecule has 0 radical (unpaired) electrons. The highest BCUT2D eigenvalue weighted by molar-refractivity contribution is 5.85. The monoisotopic (exact) mass is 293 g/mol. The van der Waals surface area contributed by atoms with Gasteiger partial charge < -0.3 is 10.3 Å². The molecule has 5 heteroatoms. The molecule has 0 atom stereocenters. The summed E-state index contributed by atoms with van der Waals surface area (Å²) in [6.45, 7) is 2.09. The van der Waals surface area contributed by atoms with Gasteiger partial charge in [0.15, 0.2) is 5.82 Å². The number of aromatic nitrogens is 2. The Hall–Kier alpha value is -1.39. The Morgan fingerprint density at radius 1 is 1.25 bits per heavy atom. The van der Waals surface area contributed by atoms with Crippen LogP contribution in [0.3, 0.4) is 0 Å². The van der Waals surface area contributed by atoms with Crippen LogP contribution < -0.4 is 5.73 Å². The molecule has 1 aliphatic rings. The SMILES string of the molecule is Cc1ccccc1Cc1noc(C2(N)CCCC2)n1.Cl. The predicted molar refractivity (Wildman–Crippen MR) is 79.9 cm³/mol. The summed E-state index contributed by atoms with van der Waals surface area (Å²) in [5.74, 6) is 1.33. The van der Waals surface area contributed by atoms with Crippen molar-refractivity contribution in [2.45, 2.75) is 44.6 Å². The molecule has 2 N–H and O–H groups in total. The van der Waals surface area contributed by atoms with Gasteiger partial charge in [-0.2, -0.15) is 4.98 Å². The third-order valence-electron chi connectivity index (χ3n) is 4.00. The molecule has 4 nitrogen and oxygen atoms in total. The Kier molecular flexibility index (Phi) is 4.45. The maximum atomic E-state index is 6.32. The molecule has 1 saturated carbocycles. The molecule has 1 heterocycles. The van der Waals surface area contributed by atoms with Crippen molar-refractivity contribution < 1.29 is 4.52 Å². The van der Waals surface area contributed by atoms with Gasteiger partial charge in [-0.3, -0.25) is 0 Å². The van der Waals surface area contributed by atoms with Gasteiger partial charge in [0.2, 0.25) is 5.89 Å². The van der Waals surface area contributed by atoms with Gasteiger partial charge in [-0.15, -0.1) is 12.4 Å². The maximum absolute atomic E-state index is 6.32. The zero-order valence-corrected chi connectivity index (χ0v) is 12.4. The number of aryl methyl sites for hydroxylation is 1. The number of benzene rings is 1. The quantitative estimate of drug-likeness (QED) is 0.944. The van der Waals surface area contributed by atoms with Crippen molar-refractivity contribution in [2.24, 2.45) is 5.73 Å². The van der Waals surface area contributed by atoms with Crippen LogP contribution in [0.4, 0.5) is 0 Å². The van der Waals surface area contributed by atoms with Crippen LogP contribution in [0, 0.1) is 6.92 Å². The van der Waals surface area contributed by atoms with Crippen LogP contribution in [0.2, 0.25) is 0 Å². The minimum atomic E-state index is -0.392. The Morgan fingerprint density at radius 2 is 1.95 bits per heavy atom. The van der Waals surface area contributed by atoms with Crippen molar-refractivity contribution in [3.63, 3.8) is 0 Å². The molecule has 1 aliphatic carbocycles. The highest BCUT2D eigenvalue weighted by Gasteiger charge is 2.36. The molecule has 1 fully saturated rings. The molecule has 0 amide bonds. The van der Waals surface area contributed by atoms with Gasteiger partial charge in [-0.1, -0.05) is 42.3 Å².